The van der Waals surface area contributed by atoms with Gasteiger partial charge in [0.1, 0.15) is 18.2 Å². The Labute approximate surface area is 167 Å². The van der Waals surface area contributed by atoms with E-state index in [1.165, 1.54) is 0 Å². The molecule has 0 bridgehead atoms. The lowest BCUT2D eigenvalue weighted by Crippen LogP contribution is -2.49. The molecule has 1 aliphatic heterocycles. The van der Waals surface area contributed by atoms with Crippen LogP contribution in [0, 0.1) is 13.8 Å². The Kier molecular flexibility index (Phi) is 7.65. The number of hydrogen-bond donors (Lipinski definition) is 1. The van der Waals surface area contributed by atoms with Crippen LogP contribution in [0.3, 0.4) is 0 Å². The van der Waals surface area contributed by atoms with Crippen LogP contribution in [0.1, 0.15) is 11.1 Å². The van der Waals surface area contributed by atoms with Crippen molar-refractivity contribution in [1.29, 1.82) is 0 Å². The van der Waals surface area contributed by atoms with E-state index in [-0.39, 0.29) is 0 Å². The van der Waals surface area contributed by atoms with Gasteiger partial charge in [-0.15, -0.1) is 0 Å². The summed E-state index contributed by atoms with van der Waals surface area (Å²) in [6.45, 7) is 9.69. The number of benzene rings is 1. The molecule has 1 aromatic heterocycles. The van der Waals surface area contributed by atoms with Crippen molar-refractivity contribution < 1.29 is 14.6 Å². The Hall–Kier alpha value is -2.15. The first-order valence-electron chi connectivity index (χ1n) is 9.96. The molecule has 6 nitrogen and oxygen atoms in total. The molecule has 2 heterocycles. The number of nitrogens with zero attached hydrogens (tertiary/aromatic N) is 3. The lowest BCUT2D eigenvalue weighted by atomic mass is 10.1. The van der Waals surface area contributed by atoms with Gasteiger partial charge < -0.3 is 19.5 Å². The van der Waals surface area contributed by atoms with Gasteiger partial charge in [-0.25, -0.2) is 4.98 Å². The van der Waals surface area contributed by atoms with Crippen LogP contribution in [0.15, 0.2) is 42.6 Å². The smallest absolute Gasteiger partial charge is 0.128 e. The van der Waals surface area contributed by atoms with Crippen molar-refractivity contribution in [2.24, 2.45) is 0 Å². The van der Waals surface area contributed by atoms with Crippen molar-refractivity contribution in [3.63, 3.8) is 0 Å². The van der Waals surface area contributed by atoms with E-state index in [9.17, 15) is 5.11 Å². The molecule has 0 amide bonds. The van der Waals surface area contributed by atoms with Crippen LogP contribution in [0.25, 0.3) is 0 Å². The normalized spacial score (nSPS) is 16.2. The first-order valence-corrected chi connectivity index (χ1v) is 9.96. The number of rotatable bonds is 9. The van der Waals surface area contributed by atoms with Gasteiger partial charge in [-0.05, 0) is 37.1 Å². The fourth-order valence-corrected chi connectivity index (χ4v) is 3.50. The summed E-state index contributed by atoms with van der Waals surface area (Å²) in [7, 11) is 0. The third-order valence-electron chi connectivity index (χ3n) is 5.01. The number of aliphatic hydroxyl groups excluding tert-OH is 1. The number of para-hydroxylation sites is 1. The highest BCUT2D eigenvalue weighted by atomic mass is 16.5. The fraction of sp³-hybridized carbons (Fsp3) is 0.500. The van der Waals surface area contributed by atoms with Gasteiger partial charge in [0.2, 0.25) is 0 Å². The van der Waals surface area contributed by atoms with Gasteiger partial charge in [-0.3, -0.25) is 4.90 Å². The highest BCUT2D eigenvalue weighted by Gasteiger charge is 2.20. The molecule has 0 aliphatic carbocycles. The Morgan fingerprint density at radius 3 is 2.43 bits per heavy atom. The summed E-state index contributed by atoms with van der Waals surface area (Å²) in [5.41, 5.74) is 2.26. The van der Waals surface area contributed by atoms with E-state index < -0.39 is 6.10 Å². The molecule has 152 valence electrons. The van der Waals surface area contributed by atoms with Gasteiger partial charge in [-0.2, -0.15) is 0 Å². The quantitative estimate of drug-likeness (QED) is 0.669. The van der Waals surface area contributed by atoms with Crippen LogP contribution < -0.4 is 9.64 Å². The van der Waals surface area contributed by atoms with Crippen molar-refractivity contribution in [2.75, 3.05) is 57.4 Å². The first-order chi connectivity index (χ1) is 13.6. The zero-order chi connectivity index (χ0) is 19.8. The Bertz CT molecular complexity index is 698. The fourth-order valence-electron chi connectivity index (χ4n) is 3.50. The average Bonchev–Trinajstić information content (AvgIpc) is 2.71. The van der Waals surface area contributed by atoms with Crippen LogP contribution >= 0.6 is 0 Å². The number of aromatic nitrogens is 1. The predicted molar refractivity (Wildman–Crippen MR) is 111 cm³/mol. The number of pyridine rings is 1. The van der Waals surface area contributed by atoms with Crippen LogP contribution in [0.4, 0.5) is 5.82 Å². The van der Waals surface area contributed by atoms with Crippen molar-refractivity contribution in [3.8, 4) is 5.75 Å². The number of aliphatic hydroxyl groups is 1. The third kappa shape index (κ3) is 5.92. The van der Waals surface area contributed by atoms with E-state index in [0.717, 1.165) is 48.9 Å². The highest BCUT2D eigenvalue weighted by molar-refractivity contribution is 5.39. The lowest BCUT2D eigenvalue weighted by molar-refractivity contribution is 0.00706. The Morgan fingerprint density at radius 1 is 1.00 bits per heavy atom. The number of hydrogen-bond acceptors (Lipinski definition) is 6. The lowest BCUT2D eigenvalue weighted by Gasteiger charge is -2.36. The van der Waals surface area contributed by atoms with Gasteiger partial charge in [0.05, 0.1) is 19.3 Å². The van der Waals surface area contributed by atoms with Crippen LogP contribution in [-0.4, -0.2) is 73.6 Å². The minimum atomic E-state index is -0.485. The molecule has 0 saturated carbocycles. The Balaban J connectivity index is 1.29. The standard InChI is InChI=1S/C22H31N3O3/c1-18-6-5-7-19(2)22(18)28-15-14-27-17-20(26)16-24-10-12-25(13-11-24)21-8-3-4-9-23-21/h3-9,20,26H,10-17H2,1-2H3. The summed E-state index contributed by atoms with van der Waals surface area (Å²) in [6.07, 6.45) is 1.34. The third-order valence-corrected chi connectivity index (χ3v) is 5.01. The summed E-state index contributed by atoms with van der Waals surface area (Å²) in [4.78, 5) is 8.97. The molecule has 1 aromatic carbocycles. The van der Waals surface area contributed by atoms with Crippen molar-refractivity contribution in [1.82, 2.24) is 9.88 Å². The monoisotopic (exact) mass is 385 g/mol. The summed E-state index contributed by atoms with van der Waals surface area (Å²) in [6, 6.07) is 12.1. The number of ether oxygens (including phenoxy) is 2. The topological polar surface area (TPSA) is 58.1 Å². The molecule has 6 heteroatoms. The minimum Gasteiger partial charge on any atom is -0.491 e. The summed E-state index contributed by atoms with van der Waals surface area (Å²) < 4.78 is 11.4. The molecule has 1 aliphatic rings. The molecule has 1 atom stereocenters. The average molecular weight is 386 g/mol. The number of piperazine rings is 1. The Morgan fingerprint density at radius 2 is 1.75 bits per heavy atom. The summed E-state index contributed by atoms with van der Waals surface area (Å²) in [5.74, 6) is 1.95. The molecule has 2 aromatic rings. The molecule has 1 saturated heterocycles. The summed E-state index contributed by atoms with van der Waals surface area (Å²) in [5, 5.41) is 10.3. The van der Waals surface area contributed by atoms with E-state index in [1.54, 1.807) is 0 Å². The maximum atomic E-state index is 10.3. The second-order valence-corrected chi connectivity index (χ2v) is 7.27. The molecule has 3 rings (SSSR count). The van der Waals surface area contributed by atoms with Crippen LogP contribution in [-0.2, 0) is 4.74 Å². The summed E-state index contributed by atoms with van der Waals surface area (Å²) >= 11 is 0. The molecule has 1 fully saturated rings. The molecular formula is C22H31N3O3. The largest absolute Gasteiger partial charge is 0.491 e. The van der Waals surface area contributed by atoms with E-state index >= 15 is 0 Å². The van der Waals surface area contributed by atoms with E-state index in [2.05, 4.69) is 14.8 Å². The number of β-amino-alcohol motifs (C(OH)–C–C–N with tert-alkyl or cyclic N) is 1. The SMILES string of the molecule is Cc1cccc(C)c1OCCOCC(O)CN1CCN(c2ccccn2)CC1. The van der Waals surface area contributed by atoms with Gasteiger partial charge in [0.25, 0.3) is 0 Å². The van der Waals surface area contributed by atoms with Crippen molar-refractivity contribution >= 4 is 5.82 Å². The van der Waals surface area contributed by atoms with Gasteiger partial charge in [0, 0.05) is 38.9 Å². The number of anilines is 1. The highest BCUT2D eigenvalue weighted by Crippen LogP contribution is 2.22. The second kappa shape index (κ2) is 10.4. The van der Waals surface area contributed by atoms with Crippen LogP contribution in [0.2, 0.25) is 0 Å². The molecule has 28 heavy (non-hydrogen) atoms. The zero-order valence-electron chi connectivity index (χ0n) is 16.9. The van der Waals surface area contributed by atoms with Crippen molar-refractivity contribution in [2.45, 2.75) is 20.0 Å². The van der Waals surface area contributed by atoms with Gasteiger partial charge in [0.15, 0.2) is 0 Å². The maximum Gasteiger partial charge on any atom is 0.128 e. The first kappa shape index (κ1) is 20.6. The maximum absolute atomic E-state index is 10.3. The van der Waals surface area contributed by atoms with E-state index in [4.69, 9.17) is 9.47 Å². The zero-order valence-corrected chi connectivity index (χ0v) is 16.9. The second-order valence-electron chi connectivity index (χ2n) is 7.27. The van der Waals surface area contributed by atoms with Crippen LogP contribution in [0.5, 0.6) is 5.75 Å². The molecule has 0 radical (unpaired) electrons. The van der Waals surface area contributed by atoms with E-state index in [0.29, 0.717) is 26.4 Å². The molecular weight excluding hydrogens is 354 g/mol. The van der Waals surface area contributed by atoms with Crippen molar-refractivity contribution in [3.05, 3.63) is 53.7 Å². The minimum absolute atomic E-state index is 0.330. The van der Waals surface area contributed by atoms with Gasteiger partial charge >= 0.3 is 0 Å². The molecule has 1 unspecified atom stereocenters. The predicted octanol–water partition coefficient (Wildman–Crippen LogP) is 2.28. The van der Waals surface area contributed by atoms with E-state index in [1.807, 2.05) is 56.4 Å². The molecule has 1 N–H and O–H groups in total. The van der Waals surface area contributed by atoms with Gasteiger partial charge in [-0.1, -0.05) is 24.3 Å². The molecule has 0 spiro atoms. The number of aryl methyl sites for hydroxylation is 2.